The summed E-state index contributed by atoms with van der Waals surface area (Å²) in [6.45, 7) is -8.28. The molecule has 0 saturated carbocycles. The Labute approximate surface area is 429 Å². The summed E-state index contributed by atoms with van der Waals surface area (Å²) in [5.74, 6) is 0. The van der Waals surface area contributed by atoms with Crippen molar-refractivity contribution >= 4 is 27.8 Å². The maximum Gasteiger partial charge on any atom is 0.0725 e. The van der Waals surface area contributed by atoms with Crippen molar-refractivity contribution in [3.8, 4) is 55.6 Å². The van der Waals surface area contributed by atoms with Crippen LogP contribution >= 0.6 is 0 Å². The first-order chi connectivity index (χ1) is 48.9. The molecule has 0 N–H and O–H groups in total. The summed E-state index contributed by atoms with van der Waals surface area (Å²) in [6, 6.07) is -47.4. The highest BCUT2D eigenvalue weighted by Crippen LogP contribution is 2.64. The van der Waals surface area contributed by atoms with Gasteiger partial charge in [-0.05, 0) is 136 Å². The highest BCUT2D eigenvalue weighted by molar-refractivity contribution is 6.10. The molecule has 0 radical (unpaired) electrons. The van der Waals surface area contributed by atoms with E-state index in [-0.39, 0.29) is 4.90 Å². The lowest BCUT2D eigenvalue weighted by Crippen LogP contribution is -2.25. The summed E-state index contributed by atoms with van der Waals surface area (Å²) in [5, 5.41) is -2.10. The number of hydrogen-bond acceptors (Lipinski definition) is 1. The fraction of sp³-hybridized carbons (Fsp3) is 0.0645. The van der Waals surface area contributed by atoms with Gasteiger partial charge in [0.25, 0.3) is 0 Å². The van der Waals surface area contributed by atoms with Crippen LogP contribution in [0.4, 0.5) is 17.1 Å². The molecule has 63 heavy (non-hydrogen) atoms. The third-order valence-corrected chi connectivity index (χ3v) is 11.2. The van der Waals surface area contributed by atoms with Gasteiger partial charge >= 0.3 is 0 Å². The normalized spacial score (nSPS) is 24.2. The molecule has 1 heteroatoms. The Morgan fingerprint density at radius 2 is 0.873 bits per heavy atom. The van der Waals surface area contributed by atoms with Gasteiger partial charge in [0.1, 0.15) is 0 Å². The molecule has 0 aromatic heterocycles. The first-order valence-corrected chi connectivity index (χ1v) is 18.7. The Morgan fingerprint density at radius 3 is 1.62 bits per heavy atom. The van der Waals surface area contributed by atoms with E-state index in [0.29, 0.717) is 0 Å². The predicted molar refractivity (Wildman–Crippen MR) is 263 cm³/mol. The van der Waals surface area contributed by atoms with Crippen molar-refractivity contribution in [2.24, 2.45) is 0 Å². The molecule has 3 aliphatic rings. The fourth-order valence-electron chi connectivity index (χ4n) is 8.71. The first kappa shape index (κ1) is 13.4. The molecule has 1 nitrogen and oxygen atoms in total. The van der Waals surface area contributed by atoms with Crippen LogP contribution in [0.5, 0.6) is 0 Å². The summed E-state index contributed by atoms with van der Waals surface area (Å²) >= 11 is 0. The summed E-state index contributed by atoms with van der Waals surface area (Å²) in [4.78, 5) is 0.0636. The summed E-state index contributed by atoms with van der Waals surface area (Å²) in [7, 11) is 0. The van der Waals surface area contributed by atoms with Gasteiger partial charge in [0, 0.05) is 30.7 Å². The van der Waals surface area contributed by atoms with Crippen LogP contribution in [0.15, 0.2) is 224 Å². The van der Waals surface area contributed by atoms with Gasteiger partial charge in [-0.15, -0.1) is 0 Å². The molecule has 0 heterocycles. The molecular formula is C62H43N. The van der Waals surface area contributed by atoms with E-state index >= 15 is 0 Å². The van der Waals surface area contributed by atoms with E-state index in [1.165, 1.54) is 0 Å². The smallest absolute Gasteiger partial charge is 0.0725 e. The zero-order valence-corrected chi connectivity index (χ0v) is 31.4. The van der Waals surface area contributed by atoms with E-state index in [9.17, 15) is 34.3 Å². The Balaban J connectivity index is 1.31. The minimum atomic E-state index is -4.14. The van der Waals surface area contributed by atoms with Gasteiger partial charge in [-0.1, -0.05) is 201 Å². The lowest BCUT2D eigenvalue weighted by atomic mass is 9.70. The van der Waals surface area contributed by atoms with Crippen molar-refractivity contribution < 1.29 is 58.9 Å². The Morgan fingerprint density at radius 1 is 0.349 bits per heavy atom. The standard InChI is InChI=1S/C62H43N/c1-61(2)53-29-12-8-24-47(53)50-37-35-44(39-58(50)61)63(42-20-4-3-5-21-42)43-22-16-19-41(38-43)46-36-34-40-18-6-7-23-45(40)59(46)52-28-17-33-57-60(52)51-27-11-15-32-56(51)62(57)54-30-13-9-25-48(54)49-26-10-14-31-55(49)62/h3-39H,1-2H3/i1D3,2D3,3D,4D,5D,6D,7D,8D,9D,10D,11D,12D,13D,14D,15D,16D,17D,18D,19D,20D,21D,22D,23D,24D,25D,26D,27D,28D,29D,30D,31D,32D,33D,34D,35D,36D,37D,38D,39D. The summed E-state index contributed by atoms with van der Waals surface area (Å²) in [6.07, 6.45) is 0. The van der Waals surface area contributed by atoms with Crippen molar-refractivity contribution in [1.82, 2.24) is 0 Å². The van der Waals surface area contributed by atoms with E-state index in [1.54, 1.807) is 0 Å². The second kappa shape index (κ2) is 13.4. The molecule has 0 unspecified atom stereocenters. The molecule has 10 aromatic carbocycles. The minimum Gasteiger partial charge on any atom is -0.310 e. The van der Waals surface area contributed by atoms with E-state index in [4.69, 9.17) is 24.7 Å². The molecule has 13 rings (SSSR count). The number of nitrogens with zero attached hydrogens (tertiary/aromatic N) is 1. The zero-order valence-electron chi connectivity index (χ0n) is 74.4. The highest BCUT2D eigenvalue weighted by atomic mass is 15.1. The lowest BCUT2D eigenvalue weighted by molar-refractivity contribution is 0.660. The van der Waals surface area contributed by atoms with Crippen LogP contribution in [0, 0.1) is 0 Å². The number of benzene rings is 10. The van der Waals surface area contributed by atoms with Gasteiger partial charge in [-0.2, -0.15) is 0 Å². The van der Waals surface area contributed by atoms with Crippen molar-refractivity contribution in [1.29, 1.82) is 0 Å². The van der Waals surface area contributed by atoms with Gasteiger partial charge in [0.2, 0.25) is 0 Å². The quantitative estimate of drug-likeness (QED) is 0.167. The minimum absolute atomic E-state index is 0.0636. The largest absolute Gasteiger partial charge is 0.310 e. The van der Waals surface area contributed by atoms with Gasteiger partial charge in [0.15, 0.2) is 0 Å². The Bertz CT molecular complexity index is 5790. The van der Waals surface area contributed by atoms with Gasteiger partial charge in [-0.3, -0.25) is 0 Å². The van der Waals surface area contributed by atoms with Crippen LogP contribution in [0.25, 0.3) is 66.4 Å². The SMILES string of the molecule is [2H]c1c([2H])c([2H])c(N(c2c([2H])c([2H])c([2H])c(-c3c([2H])c([2H])c4c([2H])c([2H])c([2H])c([2H])c4c3-c3c([2H])c([2H])c([2H])c4c3-c3c([2H])c([2H])c([2H])c([2H])c3C43c4c([2H])c([2H])c([2H])c([2H])c4-c4c([2H])c([2H])c([2H])c([2H])c43)c2[2H])c2c([2H])c([2H])c3c(c2[2H])C(C([2H])([2H])[2H])(C([2H])([2H])[2H])c2c([2H])c([2H])c([2H])c([2H])c2-3)c([2H])c1[2H]. The van der Waals surface area contributed by atoms with E-state index in [1.807, 2.05) is 0 Å². The van der Waals surface area contributed by atoms with Crippen LogP contribution < -0.4 is 4.90 Å². The van der Waals surface area contributed by atoms with Crippen LogP contribution in [0.2, 0.25) is 0 Å². The maximum absolute atomic E-state index is 10.6. The first-order valence-electron chi connectivity index (χ1n) is 40.2. The van der Waals surface area contributed by atoms with Gasteiger partial charge < -0.3 is 4.90 Å². The summed E-state index contributed by atoms with van der Waals surface area (Å²) in [5.41, 5.74) is -28.5. The molecule has 0 saturated heterocycles. The molecule has 1 spiro atoms. The second-order valence-electron chi connectivity index (χ2n) is 14.3. The van der Waals surface area contributed by atoms with Crippen LogP contribution in [0.3, 0.4) is 0 Å². The third kappa shape index (κ3) is 4.94. The number of anilines is 3. The molecule has 0 amide bonds. The molecule has 0 atom stereocenters. The molecule has 0 aliphatic heterocycles. The van der Waals surface area contributed by atoms with Crippen LogP contribution in [-0.2, 0) is 10.8 Å². The predicted octanol–water partition coefficient (Wildman–Crippen LogP) is 16.3. The van der Waals surface area contributed by atoms with Gasteiger partial charge in [0.05, 0.1) is 56.1 Å². The summed E-state index contributed by atoms with van der Waals surface area (Å²) < 4.78 is 405. The Kier molecular flexibility index (Phi) is 2.84. The zero-order chi connectivity index (χ0) is 79.1. The highest BCUT2D eigenvalue weighted by Gasteiger charge is 2.52. The van der Waals surface area contributed by atoms with Crippen LogP contribution in [0.1, 0.15) is 106 Å². The molecular weight excluding hydrogens is 759 g/mol. The van der Waals surface area contributed by atoms with Crippen molar-refractivity contribution in [2.45, 2.75) is 24.5 Å². The number of fused-ring (bicyclic) bond motifs is 14. The molecule has 0 fully saturated rings. The third-order valence-electron chi connectivity index (χ3n) is 11.2. The molecule has 296 valence electrons. The topological polar surface area (TPSA) is 3.24 Å². The molecule has 0 bridgehead atoms. The second-order valence-corrected chi connectivity index (χ2v) is 14.3. The number of hydrogen-bond donors (Lipinski definition) is 0. The van der Waals surface area contributed by atoms with Crippen molar-refractivity contribution in [2.75, 3.05) is 4.90 Å². The van der Waals surface area contributed by atoms with E-state index in [2.05, 4.69) is 0 Å². The van der Waals surface area contributed by atoms with Gasteiger partial charge in [-0.25, -0.2) is 0 Å². The van der Waals surface area contributed by atoms with E-state index < -0.39 is 365 Å². The lowest BCUT2D eigenvalue weighted by Gasteiger charge is -2.30. The molecule has 3 aliphatic carbocycles. The number of rotatable bonds is 5. The average Bonchev–Trinajstić information content (AvgIpc) is 1.47. The average molecular weight is 845 g/mol. The van der Waals surface area contributed by atoms with Crippen molar-refractivity contribution in [3.05, 3.63) is 257 Å². The monoisotopic (exact) mass is 845 g/mol. The Hall–Kier alpha value is -7.74. The van der Waals surface area contributed by atoms with Crippen LogP contribution in [-0.4, -0.2) is 0 Å². The van der Waals surface area contributed by atoms with E-state index in [0.717, 1.165) is 0 Å². The molecule has 10 aromatic rings. The van der Waals surface area contributed by atoms with Crippen molar-refractivity contribution in [3.63, 3.8) is 0 Å². The fourth-order valence-corrected chi connectivity index (χ4v) is 8.71. The number of para-hydroxylation sites is 1. The maximum atomic E-state index is 10.6.